The fraction of sp³-hybridized carbons (Fsp3) is 0.421. The molecule has 2 amide bonds. The summed E-state index contributed by atoms with van der Waals surface area (Å²) in [6.45, 7) is 0.881. The van der Waals surface area contributed by atoms with E-state index in [0.717, 1.165) is 18.4 Å². The van der Waals surface area contributed by atoms with E-state index in [1.165, 1.54) is 0 Å². The maximum atomic E-state index is 12.4. The Morgan fingerprint density at radius 3 is 2.80 bits per heavy atom. The van der Waals surface area contributed by atoms with Crippen LogP contribution in [0.1, 0.15) is 31.4 Å². The second-order valence-electron chi connectivity index (χ2n) is 6.78. The van der Waals surface area contributed by atoms with Crippen molar-refractivity contribution in [1.82, 2.24) is 15.4 Å². The van der Waals surface area contributed by atoms with Crippen LogP contribution in [-0.2, 0) is 16.1 Å². The van der Waals surface area contributed by atoms with Crippen LogP contribution in [0.3, 0.4) is 0 Å². The Bertz CT molecular complexity index is 767. The molecular formula is C19H21N3O3. The summed E-state index contributed by atoms with van der Waals surface area (Å²) in [5.41, 5.74) is 1.65. The van der Waals surface area contributed by atoms with E-state index in [0.29, 0.717) is 43.4 Å². The van der Waals surface area contributed by atoms with E-state index < -0.39 is 0 Å². The molecule has 0 spiro atoms. The Kier molecular flexibility index (Phi) is 4.26. The average molecular weight is 339 g/mol. The summed E-state index contributed by atoms with van der Waals surface area (Å²) < 4.78 is 5.35. The molecule has 1 N–H and O–H groups in total. The molecule has 0 radical (unpaired) electrons. The molecule has 0 unspecified atom stereocenters. The van der Waals surface area contributed by atoms with Crippen molar-refractivity contribution in [2.75, 3.05) is 6.54 Å². The van der Waals surface area contributed by atoms with Crippen molar-refractivity contribution < 1.29 is 14.1 Å². The van der Waals surface area contributed by atoms with Crippen LogP contribution in [0.15, 0.2) is 40.9 Å². The highest BCUT2D eigenvalue weighted by Gasteiger charge is 2.38. The van der Waals surface area contributed by atoms with Gasteiger partial charge in [0.1, 0.15) is 5.69 Å². The third-order valence-corrected chi connectivity index (χ3v) is 4.86. The van der Waals surface area contributed by atoms with E-state index >= 15 is 0 Å². The molecule has 1 aliphatic carbocycles. The van der Waals surface area contributed by atoms with Crippen molar-refractivity contribution >= 4 is 11.8 Å². The number of rotatable bonds is 5. The van der Waals surface area contributed by atoms with Crippen molar-refractivity contribution in [3.05, 3.63) is 42.1 Å². The zero-order valence-corrected chi connectivity index (χ0v) is 14.0. The SMILES string of the molecule is O=C(NCc1cc(-c2ccccc2)on1)[C@H]1CCC(=O)N(C2CC2)C1. The number of aromatic nitrogens is 1. The molecule has 25 heavy (non-hydrogen) atoms. The summed E-state index contributed by atoms with van der Waals surface area (Å²) in [6, 6.07) is 11.9. The molecule has 1 atom stereocenters. The monoisotopic (exact) mass is 339 g/mol. The lowest BCUT2D eigenvalue weighted by atomic mass is 9.96. The molecule has 2 fully saturated rings. The summed E-state index contributed by atoms with van der Waals surface area (Å²) >= 11 is 0. The first kappa shape index (κ1) is 15.9. The maximum Gasteiger partial charge on any atom is 0.225 e. The number of piperidine rings is 1. The minimum Gasteiger partial charge on any atom is -0.356 e. The first-order valence-corrected chi connectivity index (χ1v) is 8.79. The van der Waals surface area contributed by atoms with Crippen LogP contribution in [0.25, 0.3) is 11.3 Å². The smallest absolute Gasteiger partial charge is 0.225 e. The topological polar surface area (TPSA) is 75.4 Å². The number of hydrogen-bond donors (Lipinski definition) is 1. The number of carbonyl (C=O) groups excluding carboxylic acids is 2. The fourth-order valence-electron chi connectivity index (χ4n) is 3.28. The molecule has 2 heterocycles. The van der Waals surface area contributed by atoms with Crippen LogP contribution in [0.2, 0.25) is 0 Å². The van der Waals surface area contributed by atoms with Gasteiger partial charge in [-0.3, -0.25) is 9.59 Å². The molecule has 2 aliphatic rings. The highest BCUT2D eigenvalue weighted by atomic mass is 16.5. The summed E-state index contributed by atoms with van der Waals surface area (Å²) in [7, 11) is 0. The lowest BCUT2D eigenvalue weighted by Gasteiger charge is -2.32. The van der Waals surface area contributed by atoms with Gasteiger partial charge in [0.15, 0.2) is 5.76 Å². The first-order valence-electron chi connectivity index (χ1n) is 8.79. The third-order valence-electron chi connectivity index (χ3n) is 4.86. The maximum absolute atomic E-state index is 12.4. The van der Waals surface area contributed by atoms with Gasteiger partial charge in [-0.25, -0.2) is 0 Å². The van der Waals surface area contributed by atoms with Gasteiger partial charge in [0.2, 0.25) is 11.8 Å². The van der Waals surface area contributed by atoms with E-state index in [1.807, 2.05) is 41.3 Å². The summed E-state index contributed by atoms with van der Waals surface area (Å²) in [5, 5.41) is 6.95. The Hall–Kier alpha value is -2.63. The number of nitrogens with zero attached hydrogens (tertiary/aromatic N) is 2. The van der Waals surface area contributed by atoms with Crippen LogP contribution in [-0.4, -0.2) is 34.5 Å². The number of amides is 2. The van der Waals surface area contributed by atoms with Gasteiger partial charge in [0.05, 0.1) is 12.5 Å². The van der Waals surface area contributed by atoms with Gasteiger partial charge in [0.25, 0.3) is 0 Å². The minimum atomic E-state index is -0.126. The standard InChI is InChI=1S/C19H21N3O3/c23-18-9-6-14(12-22(18)16-7-8-16)19(24)20-11-15-10-17(25-21-15)13-4-2-1-3-5-13/h1-5,10,14,16H,6-9,11-12H2,(H,20,24)/t14-/m0/s1. The molecule has 1 saturated carbocycles. The van der Waals surface area contributed by atoms with Crippen molar-refractivity contribution in [2.24, 2.45) is 5.92 Å². The lowest BCUT2D eigenvalue weighted by molar-refractivity contribution is -0.138. The molecule has 6 nitrogen and oxygen atoms in total. The van der Waals surface area contributed by atoms with Gasteiger partial charge in [0, 0.05) is 30.6 Å². The van der Waals surface area contributed by atoms with Gasteiger partial charge in [-0.2, -0.15) is 0 Å². The fourth-order valence-corrected chi connectivity index (χ4v) is 3.28. The zero-order valence-electron chi connectivity index (χ0n) is 14.0. The normalized spacial score (nSPS) is 20.6. The molecule has 130 valence electrons. The van der Waals surface area contributed by atoms with Crippen LogP contribution in [0.5, 0.6) is 0 Å². The van der Waals surface area contributed by atoms with E-state index in [4.69, 9.17) is 4.52 Å². The molecule has 1 aromatic heterocycles. The predicted octanol–water partition coefficient (Wildman–Crippen LogP) is 2.36. The van der Waals surface area contributed by atoms with Gasteiger partial charge in [-0.1, -0.05) is 35.5 Å². The quantitative estimate of drug-likeness (QED) is 0.907. The van der Waals surface area contributed by atoms with Crippen LogP contribution < -0.4 is 5.32 Å². The Morgan fingerprint density at radius 1 is 1.24 bits per heavy atom. The minimum absolute atomic E-state index is 0.0117. The number of benzene rings is 1. The zero-order chi connectivity index (χ0) is 17.2. The number of hydrogen-bond acceptors (Lipinski definition) is 4. The Balaban J connectivity index is 1.33. The second kappa shape index (κ2) is 6.70. The Labute approximate surface area is 146 Å². The molecular weight excluding hydrogens is 318 g/mol. The van der Waals surface area contributed by atoms with Crippen LogP contribution in [0.4, 0.5) is 0 Å². The summed E-state index contributed by atoms with van der Waals surface area (Å²) in [4.78, 5) is 26.3. The van der Waals surface area contributed by atoms with E-state index in [1.54, 1.807) is 0 Å². The second-order valence-corrected chi connectivity index (χ2v) is 6.78. The molecule has 2 aromatic rings. The molecule has 1 aromatic carbocycles. The van der Waals surface area contributed by atoms with Gasteiger partial charge >= 0.3 is 0 Å². The van der Waals surface area contributed by atoms with Gasteiger partial charge in [-0.15, -0.1) is 0 Å². The molecule has 0 bridgehead atoms. The predicted molar refractivity (Wildman–Crippen MR) is 91.2 cm³/mol. The molecule has 1 saturated heterocycles. The van der Waals surface area contributed by atoms with E-state index in [-0.39, 0.29) is 17.7 Å². The first-order chi connectivity index (χ1) is 12.2. The number of carbonyl (C=O) groups is 2. The van der Waals surface area contributed by atoms with Gasteiger partial charge in [-0.05, 0) is 19.3 Å². The van der Waals surface area contributed by atoms with Crippen molar-refractivity contribution in [3.8, 4) is 11.3 Å². The summed E-state index contributed by atoms with van der Waals surface area (Å²) in [5.74, 6) is 0.741. The largest absolute Gasteiger partial charge is 0.356 e. The highest BCUT2D eigenvalue weighted by Crippen LogP contribution is 2.31. The third kappa shape index (κ3) is 3.57. The van der Waals surface area contributed by atoms with Crippen LogP contribution >= 0.6 is 0 Å². The number of likely N-dealkylation sites (tertiary alicyclic amines) is 1. The molecule has 4 rings (SSSR count). The van der Waals surface area contributed by atoms with Crippen molar-refractivity contribution in [2.45, 2.75) is 38.3 Å². The lowest BCUT2D eigenvalue weighted by Crippen LogP contribution is -2.46. The average Bonchev–Trinajstić information content (AvgIpc) is 3.38. The summed E-state index contributed by atoms with van der Waals surface area (Å²) in [6.07, 6.45) is 3.24. The molecule has 6 heteroatoms. The van der Waals surface area contributed by atoms with Gasteiger partial charge < -0.3 is 14.7 Å². The van der Waals surface area contributed by atoms with E-state index in [9.17, 15) is 9.59 Å². The number of nitrogens with one attached hydrogen (secondary N) is 1. The Morgan fingerprint density at radius 2 is 2.04 bits per heavy atom. The highest BCUT2D eigenvalue weighted by molar-refractivity contribution is 5.84. The molecule has 1 aliphatic heterocycles. The van der Waals surface area contributed by atoms with Crippen molar-refractivity contribution in [3.63, 3.8) is 0 Å². The van der Waals surface area contributed by atoms with E-state index in [2.05, 4.69) is 10.5 Å². The van der Waals surface area contributed by atoms with Crippen molar-refractivity contribution in [1.29, 1.82) is 0 Å². The van der Waals surface area contributed by atoms with Crippen LogP contribution in [0, 0.1) is 5.92 Å².